The van der Waals surface area contributed by atoms with E-state index in [9.17, 15) is 13.6 Å². The molecule has 19 heavy (non-hydrogen) atoms. The van der Waals surface area contributed by atoms with Gasteiger partial charge in [-0.05, 0) is 18.2 Å². The maximum atomic E-state index is 13.6. The van der Waals surface area contributed by atoms with Crippen molar-refractivity contribution in [2.45, 2.75) is 0 Å². The van der Waals surface area contributed by atoms with Crippen LogP contribution in [0.15, 0.2) is 30.6 Å². The lowest BCUT2D eigenvalue weighted by atomic mass is 10.1. The second kappa shape index (κ2) is 5.19. The zero-order valence-electron chi connectivity index (χ0n) is 9.45. The van der Waals surface area contributed by atoms with E-state index >= 15 is 0 Å². The summed E-state index contributed by atoms with van der Waals surface area (Å²) in [6, 6.07) is 3.00. The van der Waals surface area contributed by atoms with E-state index in [0.717, 1.165) is 12.1 Å². The number of anilines is 2. The molecule has 0 spiro atoms. The minimum Gasteiger partial charge on any atom is -0.396 e. The highest BCUT2D eigenvalue weighted by atomic mass is 35.5. The Morgan fingerprint density at radius 1 is 1.37 bits per heavy atom. The highest BCUT2D eigenvalue weighted by molar-refractivity contribution is 6.33. The zero-order chi connectivity index (χ0) is 14.0. The molecule has 0 aliphatic rings. The maximum Gasteiger partial charge on any atom is 0.258 e. The zero-order valence-corrected chi connectivity index (χ0v) is 10.2. The predicted octanol–water partition coefficient (Wildman–Crippen LogP) is 2.85. The van der Waals surface area contributed by atoms with Crippen LogP contribution in [0.1, 0.15) is 10.4 Å². The number of hydrogen-bond acceptors (Lipinski definition) is 3. The lowest BCUT2D eigenvalue weighted by Crippen LogP contribution is -2.15. The summed E-state index contributed by atoms with van der Waals surface area (Å²) in [7, 11) is 0. The van der Waals surface area contributed by atoms with Gasteiger partial charge in [0.2, 0.25) is 0 Å². The molecule has 0 radical (unpaired) electrons. The molecule has 1 heterocycles. The molecule has 2 aromatic rings. The van der Waals surface area contributed by atoms with Crippen molar-refractivity contribution in [1.82, 2.24) is 4.98 Å². The van der Waals surface area contributed by atoms with Crippen molar-refractivity contribution < 1.29 is 13.6 Å². The molecule has 0 aliphatic carbocycles. The highest BCUT2D eigenvalue weighted by Crippen LogP contribution is 2.22. The first-order chi connectivity index (χ1) is 8.99. The fraction of sp³-hybridized carbons (Fsp3) is 0. The van der Waals surface area contributed by atoms with Crippen LogP contribution in [-0.4, -0.2) is 10.9 Å². The summed E-state index contributed by atoms with van der Waals surface area (Å²) in [5.74, 6) is -2.65. The van der Waals surface area contributed by atoms with E-state index in [1.165, 1.54) is 18.5 Å². The Bertz CT molecular complexity index is 649. The van der Waals surface area contributed by atoms with E-state index in [2.05, 4.69) is 10.3 Å². The van der Waals surface area contributed by atoms with Crippen molar-refractivity contribution in [3.05, 3.63) is 52.8 Å². The molecule has 0 saturated carbocycles. The molecule has 0 saturated heterocycles. The number of amides is 1. The average molecular weight is 284 g/mol. The van der Waals surface area contributed by atoms with E-state index in [1.807, 2.05) is 0 Å². The Morgan fingerprint density at radius 3 is 2.79 bits per heavy atom. The molecule has 0 aliphatic heterocycles. The average Bonchev–Trinajstić information content (AvgIpc) is 2.36. The first-order valence-electron chi connectivity index (χ1n) is 5.14. The van der Waals surface area contributed by atoms with Crippen molar-refractivity contribution in [2.24, 2.45) is 0 Å². The molecule has 4 nitrogen and oxygen atoms in total. The second-order valence-corrected chi connectivity index (χ2v) is 4.07. The summed E-state index contributed by atoms with van der Waals surface area (Å²) in [4.78, 5) is 15.6. The molecule has 1 aromatic heterocycles. The summed E-state index contributed by atoms with van der Waals surface area (Å²) < 4.78 is 26.8. The van der Waals surface area contributed by atoms with Crippen LogP contribution in [-0.2, 0) is 0 Å². The number of hydrogen-bond donors (Lipinski definition) is 2. The SMILES string of the molecule is Nc1cc(F)cc(C(=O)Nc2cnccc2Cl)c1F. The number of nitrogens with one attached hydrogen (secondary N) is 1. The van der Waals surface area contributed by atoms with Gasteiger partial charge in [-0.15, -0.1) is 0 Å². The van der Waals surface area contributed by atoms with Crippen LogP contribution in [0.2, 0.25) is 5.02 Å². The Morgan fingerprint density at radius 2 is 2.11 bits per heavy atom. The predicted molar refractivity (Wildman–Crippen MR) is 68.0 cm³/mol. The Hall–Kier alpha value is -2.21. The number of pyridine rings is 1. The monoisotopic (exact) mass is 283 g/mol. The van der Waals surface area contributed by atoms with Gasteiger partial charge in [-0.1, -0.05) is 11.6 Å². The minimum atomic E-state index is -0.987. The number of carbonyl (C=O) groups excluding carboxylic acids is 1. The molecule has 0 unspecified atom stereocenters. The van der Waals surface area contributed by atoms with Gasteiger partial charge >= 0.3 is 0 Å². The Balaban J connectivity index is 2.33. The third-order valence-electron chi connectivity index (χ3n) is 2.33. The summed E-state index contributed by atoms with van der Waals surface area (Å²) in [6.07, 6.45) is 2.72. The van der Waals surface area contributed by atoms with Crippen LogP contribution in [0.25, 0.3) is 0 Å². The van der Waals surface area contributed by atoms with Crippen LogP contribution < -0.4 is 11.1 Å². The van der Waals surface area contributed by atoms with Crippen LogP contribution in [0.4, 0.5) is 20.2 Å². The van der Waals surface area contributed by atoms with Crippen molar-refractivity contribution >= 4 is 28.9 Å². The quantitative estimate of drug-likeness (QED) is 0.833. The topological polar surface area (TPSA) is 68.0 Å². The first-order valence-corrected chi connectivity index (χ1v) is 5.52. The van der Waals surface area contributed by atoms with Gasteiger partial charge in [-0.25, -0.2) is 8.78 Å². The van der Waals surface area contributed by atoms with Gasteiger partial charge in [-0.2, -0.15) is 0 Å². The van der Waals surface area contributed by atoms with Gasteiger partial charge in [0.1, 0.15) is 5.82 Å². The van der Waals surface area contributed by atoms with E-state index in [-0.39, 0.29) is 10.7 Å². The summed E-state index contributed by atoms with van der Waals surface area (Å²) in [5, 5.41) is 2.56. The lowest BCUT2D eigenvalue weighted by molar-refractivity contribution is 0.102. The smallest absolute Gasteiger partial charge is 0.258 e. The van der Waals surface area contributed by atoms with Gasteiger partial charge < -0.3 is 11.1 Å². The highest BCUT2D eigenvalue weighted by Gasteiger charge is 2.17. The van der Waals surface area contributed by atoms with Crippen molar-refractivity contribution in [3.63, 3.8) is 0 Å². The third-order valence-corrected chi connectivity index (χ3v) is 2.66. The number of aromatic nitrogens is 1. The van der Waals surface area contributed by atoms with Gasteiger partial charge in [0.15, 0.2) is 5.82 Å². The second-order valence-electron chi connectivity index (χ2n) is 3.67. The molecule has 3 N–H and O–H groups in total. The van der Waals surface area contributed by atoms with E-state index in [4.69, 9.17) is 17.3 Å². The molecular formula is C12H8ClF2N3O. The number of nitrogens with two attached hydrogens (primary N) is 1. The van der Waals surface area contributed by atoms with Gasteiger partial charge in [0, 0.05) is 6.20 Å². The van der Waals surface area contributed by atoms with E-state index < -0.39 is 28.8 Å². The molecule has 0 atom stereocenters. The van der Waals surface area contributed by atoms with Crippen LogP contribution >= 0.6 is 11.6 Å². The van der Waals surface area contributed by atoms with Gasteiger partial charge in [-0.3, -0.25) is 9.78 Å². The number of halogens is 3. The fourth-order valence-electron chi connectivity index (χ4n) is 1.43. The standard InChI is InChI=1S/C12H8ClF2N3O/c13-8-1-2-17-5-10(8)18-12(19)7-3-6(14)4-9(16)11(7)15/h1-5H,16H2,(H,18,19). The van der Waals surface area contributed by atoms with E-state index in [1.54, 1.807) is 0 Å². The summed E-state index contributed by atoms with van der Waals surface area (Å²) in [5.41, 5.74) is 4.50. The minimum absolute atomic E-state index is 0.191. The number of nitrogen functional groups attached to an aromatic ring is 1. The van der Waals surface area contributed by atoms with E-state index in [0.29, 0.717) is 0 Å². The van der Waals surface area contributed by atoms with Gasteiger partial charge in [0.05, 0.1) is 28.2 Å². The number of rotatable bonds is 2. The molecule has 1 amide bonds. The van der Waals surface area contributed by atoms with Crippen LogP contribution in [0, 0.1) is 11.6 Å². The molecule has 1 aromatic carbocycles. The normalized spacial score (nSPS) is 10.3. The largest absolute Gasteiger partial charge is 0.396 e. The third kappa shape index (κ3) is 2.79. The van der Waals surface area contributed by atoms with Crippen LogP contribution in [0.5, 0.6) is 0 Å². The lowest BCUT2D eigenvalue weighted by Gasteiger charge is -2.08. The van der Waals surface area contributed by atoms with Crippen LogP contribution in [0.3, 0.4) is 0 Å². The van der Waals surface area contributed by atoms with Gasteiger partial charge in [0.25, 0.3) is 5.91 Å². The summed E-state index contributed by atoms with van der Waals surface area (Å²) in [6.45, 7) is 0. The molecule has 0 fully saturated rings. The molecule has 0 bridgehead atoms. The van der Waals surface area contributed by atoms with Crippen molar-refractivity contribution in [3.8, 4) is 0 Å². The Kier molecular flexibility index (Phi) is 3.62. The Labute approximate surface area is 112 Å². The molecule has 98 valence electrons. The first kappa shape index (κ1) is 13.2. The number of nitrogens with zero attached hydrogens (tertiary/aromatic N) is 1. The van der Waals surface area contributed by atoms with Crippen molar-refractivity contribution in [2.75, 3.05) is 11.1 Å². The molecule has 7 heteroatoms. The fourth-order valence-corrected chi connectivity index (χ4v) is 1.59. The van der Waals surface area contributed by atoms with Crippen molar-refractivity contribution in [1.29, 1.82) is 0 Å². The maximum absolute atomic E-state index is 13.6. The molecular weight excluding hydrogens is 276 g/mol. The summed E-state index contributed by atoms with van der Waals surface area (Å²) >= 11 is 5.81. The molecule has 2 rings (SSSR count). The number of carbonyl (C=O) groups is 1. The number of benzene rings is 1.